The highest BCUT2D eigenvalue weighted by atomic mass is 35.5. The van der Waals surface area contributed by atoms with Gasteiger partial charge in [0.2, 0.25) is 11.7 Å². The zero-order chi connectivity index (χ0) is 20.3. The Labute approximate surface area is 164 Å². The molecular weight excluding hydrogens is 395 g/mol. The normalized spacial score (nSPS) is 16.2. The zero-order valence-corrected chi connectivity index (χ0v) is 15.3. The van der Waals surface area contributed by atoms with E-state index in [1.807, 2.05) is 18.2 Å². The fraction of sp³-hybridized carbons (Fsp3) is 0.333. The van der Waals surface area contributed by atoms with E-state index in [0.717, 1.165) is 5.56 Å². The first-order chi connectivity index (χ1) is 13.3. The van der Waals surface area contributed by atoms with Gasteiger partial charge >= 0.3 is 6.18 Å². The molecule has 1 aromatic heterocycles. The van der Waals surface area contributed by atoms with E-state index in [2.05, 4.69) is 15.3 Å². The molecule has 1 aliphatic rings. The van der Waals surface area contributed by atoms with Gasteiger partial charge in [-0.3, -0.25) is 4.79 Å². The minimum absolute atomic E-state index is 0.0224. The molecule has 2 heterocycles. The van der Waals surface area contributed by atoms with Crippen molar-refractivity contribution in [3.8, 4) is 6.07 Å². The lowest BCUT2D eigenvalue weighted by Gasteiger charge is -2.40. The highest BCUT2D eigenvalue weighted by molar-refractivity contribution is 6.29. The molecule has 0 radical (unpaired) electrons. The maximum atomic E-state index is 12.9. The Morgan fingerprint density at radius 3 is 2.61 bits per heavy atom. The van der Waals surface area contributed by atoms with Crippen molar-refractivity contribution in [2.45, 2.75) is 25.1 Å². The van der Waals surface area contributed by atoms with Gasteiger partial charge in [-0.2, -0.15) is 18.4 Å². The van der Waals surface area contributed by atoms with Crippen LogP contribution in [0.15, 0.2) is 30.3 Å². The first kappa shape index (κ1) is 19.9. The molecule has 1 aromatic carbocycles. The SMILES string of the molecule is N#Cc1ccc(CCNC(=O)[C@@H]2CCN2c2cc(Cl)nc(C(F)(F)F)n2)cc1. The van der Waals surface area contributed by atoms with Crippen LogP contribution in [0.4, 0.5) is 19.0 Å². The minimum Gasteiger partial charge on any atom is -0.354 e. The van der Waals surface area contributed by atoms with Gasteiger partial charge in [0.05, 0.1) is 11.6 Å². The van der Waals surface area contributed by atoms with Gasteiger partial charge in [-0.25, -0.2) is 9.97 Å². The number of benzene rings is 1. The van der Waals surface area contributed by atoms with E-state index in [9.17, 15) is 18.0 Å². The first-order valence-electron chi connectivity index (χ1n) is 8.43. The Balaban J connectivity index is 1.59. The van der Waals surface area contributed by atoms with Gasteiger partial charge in [0, 0.05) is 19.2 Å². The first-order valence-corrected chi connectivity index (χ1v) is 8.81. The summed E-state index contributed by atoms with van der Waals surface area (Å²) >= 11 is 5.68. The number of nitrogens with one attached hydrogen (secondary N) is 1. The Kier molecular flexibility index (Phi) is 5.70. The van der Waals surface area contributed by atoms with E-state index in [0.29, 0.717) is 31.5 Å². The van der Waals surface area contributed by atoms with Gasteiger partial charge in [0.1, 0.15) is 17.0 Å². The van der Waals surface area contributed by atoms with Crippen LogP contribution >= 0.6 is 11.6 Å². The van der Waals surface area contributed by atoms with Gasteiger partial charge < -0.3 is 10.2 Å². The lowest BCUT2D eigenvalue weighted by atomic mass is 10.0. The van der Waals surface area contributed by atoms with Crippen LogP contribution < -0.4 is 10.2 Å². The Morgan fingerprint density at radius 2 is 2.04 bits per heavy atom. The Morgan fingerprint density at radius 1 is 1.32 bits per heavy atom. The molecule has 1 saturated heterocycles. The molecule has 0 aliphatic carbocycles. The number of alkyl halides is 3. The van der Waals surface area contributed by atoms with Crippen LogP contribution in [0.2, 0.25) is 5.15 Å². The van der Waals surface area contributed by atoms with Crippen LogP contribution in [0.1, 0.15) is 23.4 Å². The average Bonchev–Trinajstić information content (AvgIpc) is 2.60. The van der Waals surface area contributed by atoms with Gasteiger partial charge in [-0.15, -0.1) is 0 Å². The zero-order valence-electron chi connectivity index (χ0n) is 14.5. The summed E-state index contributed by atoms with van der Waals surface area (Å²) in [5, 5.41) is 11.2. The maximum absolute atomic E-state index is 12.9. The number of rotatable bonds is 5. The van der Waals surface area contributed by atoms with E-state index in [1.54, 1.807) is 12.1 Å². The highest BCUT2D eigenvalue weighted by Crippen LogP contribution is 2.32. The van der Waals surface area contributed by atoms with E-state index >= 15 is 0 Å². The number of aromatic nitrogens is 2. The van der Waals surface area contributed by atoms with Gasteiger partial charge in [-0.05, 0) is 30.5 Å². The Hall–Kier alpha value is -2.86. The van der Waals surface area contributed by atoms with Crippen LogP contribution in [-0.2, 0) is 17.4 Å². The molecule has 146 valence electrons. The van der Waals surface area contributed by atoms with E-state index in [-0.39, 0.29) is 16.9 Å². The predicted molar refractivity (Wildman–Crippen MR) is 95.7 cm³/mol. The highest BCUT2D eigenvalue weighted by Gasteiger charge is 2.39. The number of nitrogens with zero attached hydrogens (tertiary/aromatic N) is 4. The van der Waals surface area contributed by atoms with E-state index in [1.165, 1.54) is 11.0 Å². The number of carbonyl (C=O) groups is 1. The fourth-order valence-electron chi connectivity index (χ4n) is 2.81. The summed E-state index contributed by atoms with van der Waals surface area (Å²) in [5.41, 5.74) is 1.52. The van der Waals surface area contributed by atoms with Crippen LogP contribution in [0.25, 0.3) is 0 Å². The van der Waals surface area contributed by atoms with Crippen molar-refractivity contribution in [1.82, 2.24) is 15.3 Å². The maximum Gasteiger partial charge on any atom is 0.451 e. The van der Waals surface area contributed by atoms with Crippen LogP contribution in [0.5, 0.6) is 0 Å². The molecule has 1 fully saturated rings. The molecular formula is C18H15ClF3N5O. The number of anilines is 1. The van der Waals surface area contributed by atoms with Crippen molar-refractivity contribution in [3.05, 3.63) is 52.4 Å². The summed E-state index contributed by atoms with van der Waals surface area (Å²) in [6.07, 6.45) is -3.64. The fourth-order valence-corrected chi connectivity index (χ4v) is 2.99. The van der Waals surface area contributed by atoms with E-state index < -0.39 is 18.0 Å². The summed E-state index contributed by atoms with van der Waals surface area (Å²) in [4.78, 5) is 20.5. The molecule has 1 atom stereocenters. The number of halogens is 4. The molecule has 2 aromatic rings. The standard InChI is InChI=1S/C18H15ClF3N5O/c19-14-9-15(26-17(25-14)18(20,21)22)27-8-6-13(27)16(28)24-7-5-11-1-3-12(10-23)4-2-11/h1-4,9,13H,5-8H2,(H,24,28)/t13-/m0/s1. The second-order valence-electron chi connectivity index (χ2n) is 6.22. The molecule has 28 heavy (non-hydrogen) atoms. The monoisotopic (exact) mass is 409 g/mol. The van der Waals surface area contributed by atoms with Crippen LogP contribution in [0, 0.1) is 11.3 Å². The summed E-state index contributed by atoms with van der Waals surface area (Å²) in [6.45, 7) is 0.770. The smallest absolute Gasteiger partial charge is 0.354 e. The molecule has 3 rings (SSSR count). The van der Waals surface area contributed by atoms with Crippen LogP contribution in [-0.4, -0.2) is 35.0 Å². The van der Waals surface area contributed by atoms with Crippen molar-refractivity contribution in [1.29, 1.82) is 5.26 Å². The molecule has 6 nitrogen and oxygen atoms in total. The second kappa shape index (κ2) is 8.02. The summed E-state index contributed by atoms with van der Waals surface area (Å²) in [6, 6.07) is 9.65. The third-order valence-electron chi connectivity index (χ3n) is 4.35. The summed E-state index contributed by atoms with van der Waals surface area (Å²) < 4.78 is 38.6. The number of hydrogen-bond acceptors (Lipinski definition) is 5. The number of carbonyl (C=O) groups excluding carboxylic acids is 1. The predicted octanol–water partition coefficient (Wildman–Crippen LogP) is 2.96. The van der Waals surface area contributed by atoms with Crippen molar-refractivity contribution >= 4 is 23.3 Å². The molecule has 10 heteroatoms. The van der Waals surface area contributed by atoms with Gasteiger partial charge in [-0.1, -0.05) is 23.7 Å². The molecule has 1 N–H and O–H groups in total. The molecule has 1 aliphatic heterocycles. The third-order valence-corrected chi connectivity index (χ3v) is 4.54. The third kappa shape index (κ3) is 4.51. The van der Waals surface area contributed by atoms with Crippen molar-refractivity contribution < 1.29 is 18.0 Å². The average molecular weight is 410 g/mol. The number of amides is 1. The topological polar surface area (TPSA) is 81.9 Å². The molecule has 0 saturated carbocycles. The van der Waals surface area contributed by atoms with Crippen molar-refractivity contribution in [2.75, 3.05) is 18.0 Å². The number of hydrogen-bond donors (Lipinski definition) is 1. The van der Waals surface area contributed by atoms with Gasteiger partial charge in [0.25, 0.3) is 0 Å². The lowest BCUT2D eigenvalue weighted by Crippen LogP contribution is -2.57. The lowest BCUT2D eigenvalue weighted by molar-refractivity contribution is -0.144. The quantitative estimate of drug-likeness (QED) is 0.768. The van der Waals surface area contributed by atoms with Crippen LogP contribution in [0.3, 0.4) is 0 Å². The second-order valence-corrected chi connectivity index (χ2v) is 6.61. The molecule has 0 spiro atoms. The minimum atomic E-state index is -4.72. The Bertz CT molecular complexity index is 911. The van der Waals surface area contributed by atoms with Crippen molar-refractivity contribution in [3.63, 3.8) is 0 Å². The number of nitriles is 1. The molecule has 0 bridgehead atoms. The van der Waals surface area contributed by atoms with E-state index in [4.69, 9.17) is 16.9 Å². The molecule has 0 unspecified atom stereocenters. The summed E-state index contributed by atoms with van der Waals surface area (Å²) in [5.74, 6) is -1.64. The van der Waals surface area contributed by atoms with Gasteiger partial charge in [0.15, 0.2) is 0 Å². The van der Waals surface area contributed by atoms with Crippen molar-refractivity contribution in [2.24, 2.45) is 0 Å². The largest absolute Gasteiger partial charge is 0.451 e. The molecule has 1 amide bonds. The summed E-state index contributed by atoms with van der Waals surface area (Å²) in [7, 11) is 0.